The van der Waals surface area contributed by atoms with Crippen molar-refractivity contribution in [2.75, 3.05) is 26.4 Å². The summed E-state index contributed by atoms with van der Waals surface area (Å²) in [6.45, 7) is 5.99. The minimum Gasteiger partial charge on any atom is -0.464 e. The number of esters is 1. The van der Waals surface area contributed by atoms with E-state index in [1.54, 1.807) is 6.92 Å². The molecule has 1 rings (SSSR count). The summed E-state index contributed by atoms with van der Waals surface area (Å²) in [5.41, 5.74) is 5.60. The number of hydrogen-bond donors (Lipinski definition) is 2. The zero-order valence-corrected chi connectivity index (χ0v) is 12.6. The molecule has 1 fully saturated rings. The lowest BCUT2D eigenvalue weighted by Gasteiger charge is -2.35. The SMILES string of the molecule is CCOC(=O)C(N)C(=O)N1CCOCC1C(=O)NC(C)C. The number of morpholine rings is 1. The van der Waals surface area contributed by atoms with Gasteiger partial charge in [0.1, 0.15) is 6.04 Å². The van der Waals surface area contributed by atoms with E-state index in [0.29, 0.717) is 6.61 Å². The summed E-state index contributed by atoms with van der Waals surface area (Å²) in [5.74, 6) is -1.74. The van der Waals surface area contributed by atoms with Crippen LogP contribution in [0.5, 0.6) is 0 Å². The van der Waals surface area contributed by atoms with Gasteiger partial charge in [0.2, 0.25) is 5.91 Å². The highest BCUT2D eigenvalue weighted by atomic mass is 16.5. The van der Waals surface area contributed by atoms with Crippen LogP contribution in [0.4, 0.5) is 0 Å². The summed E-state index contributed by atoms with van der Waals surface area (Å²) in [5, 5.41) is 2.72. The van der Waals surface area contributed by atoms with Crippen LogP contribution in [0.25, 0.3) is 0 Å². The molecule has 8 nitrogen and oxygen atoms in total. The molecule has 0 aromatic carbocycles. The number of nitrogens with two attached hydrogens (primary N) is 1. The van der Waals surface area contributed by atoms with Gasteiger partial charge in [0, 0.05) is 12.6 Å². The summed E-state index contributed by atoms with van der Waals surface area (Å²) in [6, 6.07) is -2.26. The van der Waals surface area contributed by atoms with Crippen molar-refractivity contribution >= 4 is 17.8 Å². The first-order valence-electron chi connectivity index (χ1n) is 6.99. The van der Waals surface area contributed by atoms with Gasteiger partial charge >= 0.3 is 5.97 Å². The van der Waals surface area contributed by atoms with Crippen molar-refractivity contribution in [3.8, 4) is 0 Å². The van der Waals surface area contributed by atoms with Crippen LogP contribution in [-0.2, 0) is 23.9 Å². The number of carbonyl (C=O) groups is 3. The molecule has 0 saturated carbocycles. The number of rotatable bonds is 5. The van der Waals surface area contributed by atoms with Crippen LogP contribution in [0.15, 0.2) is 0 Å². The largest absolute Gasteiger partial charge is 0.464 e. The zero-order valence-electron chi connectivity index (χ0n) is 12.6. The van der Waals surface area contributed by atoms with E-state index in [-0.39, 0.29) is 31.7 Å². The maximum absolute atomic E-state index is 12.3. The number of hydrogen-bond acceptors (Lipinski definition) is 6. The second-order valence-corrected chi connectivity index (χ2v) is 5.02. The Labute approximate surface area is 123 Å². The van der Waals surface area contributed by atoms with Gasteiger partial charge in [0.05, 0.1) is 19.8 Å². The van der Waals surface area contributed by atoms with Gasteiger partial charge in [-0.2, -0.15) is 0 Å². The third-order valence-corrected chi connectivity index (χ3v) is 2.95. The Hall–Kier alpha value is -1.67. The Morgan fingerprint density at radius 1 is 1.43 bits per heavy atom. The predicted molar refractivity (Wildman–Crippen MR) is 74.2 cm³/mol. The molecule has 0 bridgehead atoms. The van der Waals surface area contributed by atoms with E-state index in [1.165, 1.54) is 4.90 Å². The molecule has 1 heterocycles. The van der Waals surface area contributed by atoms with E-state index in [0.717, 1.165) is 0 Å². The molecule has 0 aliphatic carbocycles. The highest BCUT2D eigenvalue weighted by molar-refractivity contribution is 6.03. The highest BCUT2D eigenvalue weighted by Gasteiger charge is 2.37. The molecule has 0 radical (unpaired) electrons. The van der Waals surface area contributed by atoms with Crippen LogP contribution < -0.4 is 11.1 Å². The van der Waals surface area contributed by atoms with Crippen molar-refractivity contribution in [1.82, 2.24) is 10.2 Å². The normalized spacial score (nSPS) is 20.0. The number of amides is 2. The lowest BCUT2D eigenvalue weighted by Crippen LogP contribution is -2.61. The molecule has 2 amide bonds. The highest BCUT2D eigenvalue weighted by Crippen LogP contribution is 2.10. The van der Waals surface area contributed by atoms with Crippen LogP contribution in [0.2, 0.25) is 0 Å². The van der Waals surface area contributed by atoms with E-state index >= 15 is 0 Å². The van der Waals surface area contributed by atoms with Crippen molar-refractivity contribution < 1.29 is 23.9 Å². The van der Waals surface area contributed by atoms with Crippen LogP contribution in [0, 0.1) is 0 Å². The van der Waals surface area contributed by atoms with E-state index in [9.17, 15) is 14.4 Å². The van der Waals surface area contributed by atoms with Crippen molar-refractivity contribution in [2.45, 2.75) is 38.9 Å². The summed E-state index contributed by atoms with van der Waals surface area (Å²) in [7, 11) is 0. The summed E-state index contributed by atoms with van der Waals surface area (Å²) in [6.07, 6.45) is 0. The van der Waals surface area contributed by atoms with E-state index < -0.39 is 24.0 Å². The third kappa shape index (κ3) is 4.68. The molecule has 0 aromatic rings. The smallest absolute Gasteiger partial charge is 0.332 e. The first-order valence-corrected chi connectivity index (χ1v) is 6.99. The topological polar surface area (TPSA) is 111 Å². The average Bonchev–Trinajstić information content (AvgIpc) is 2.45. The van der Waals surface area contributed by atoms with Gasteiger partial charge in [-0.3, -0.25) is 9.59 Å². The summed E-state index contributed by atoms with van der Waals surface area (Å²) in [4.78, 5) is 37.2. The fourth-order valence-corrected chi connectivity index (χ4v) is 1.98. The van der Waals surface area contributed by atoms with Gasteiger partial charge in [-0.15, -0.1) is 0 Å². The number of carbonyl (C=O) groups excluding carboxylic acids is 3. The predicted octanol–water partition coefficient (Wildman–Crippen LogP) is -1.37. The van der Waals surface area contributed by atoms with Crippen molar-refractivity contribution in [2.24, 2.45) is 5.73 Å². The molecule has 2 atom stereocenters. The minimum atomic E-state index is -1.42. The molecule has 21 heavy (non-hydrogen) atoms. The van der Waals surface area contributed by atoms with Crippen molar-refractivity contribution in [3.05, 3.63) is 0 Å². The lowest BCUT2D eigenvalue weighted by atomic mass is 10.1. The molecule has 8 heteroatoms. The Balaban J connectivity index is 2.78. The van der Waals surface area contributed by atoms with Crippen molar-refractivity contribution in [3.63, 3.8) is 0 Å². The first kappa shape index (κ1) is 17.4. The molecule has 120 valence electrons. The Morgan fingerprint density at radius 3 is 2.67 bits per heavy atom. The molecule has 0 spiro atoms. The Morgan fingerprint density at radius 2 is 2.10 bits per heavy atom. The first-order chi connectivity index (χ1) is 9.88. The second kappa shape index (κ2) is 7.94. The second-order valence-electron chi connectivity index (χ2n) is 5.02. The van der Waals surface area contributed by atoms with Gasteiger partial charge < -0.3 is 25.4 Å². The number of nitrogens with one attached hydrogen (secondary N) is 1. The van der Waals surface area contributed by atoms with Gasteiger partial charge in [0.25, 0.3) is 5.91 Å². The molecule has 1 aliphatic heterocycles. The summed E-state index contributed by atoms with van der Waals surface area (Å²) >= 11 is 0. The van der Waals surface area contributed by atoms with E-state index in [1.807, 2.05) is 13.8 Å². The van der Waals surface area contributed by atoms with Crippen LogP contribution in [-0.4, -0.2) is 67.2 Å². The molecule has 1 aliphatic rings. The maximum Gasteiger partial charge on any atom is 0.332 e. The van der Waals surface area contributed by atoms with Crippen LogP contribution >= 0.6 is 0 Å². The van der Waals surface area contributed by atoms with Gasteiger partial charge in [-0.25, -0.2) is 4.79 Å². The lowest BCUT2D eigenvalue weighted by molar-refractivity contribution is -0.157. The fraction of sp³-hybridized carbons (Fsp3) is 0.769. The molecule has 2 unspecified atom stereocenters. The van der Waals surface area contributed by atoms with Crippen LogP contribution in [0.3, 0.4) is 0 Å². The quantitative estimate of drug-likeness (QED) is 0.479. The Bertz CT molecular complexity index is 399. The van der Waals surface area contributed by atoms with Crippen LogP contribution in [0.1, 0.15) is 20.8 Å². The standard InChI is InChI=1S/C13H23N3O5/c1-4-21-13(19)10(14)12(18)16-5-6-20-7-9(16)11(17)15-8(2)3/h8-10H,4-7,14H2,1-3H3,(H,15,17). The minimum absolute atomic E-state index is 0.0601. The summed E-state index contributed by atoms with van der Waals surface area (Å²) < 4.78 is 9.97. The number of nitrogens with zero attached hydrogens (tertiary/aromatic N) is 1. The molecule has 0 aromatic heterocycles. The number of ether oxygens (including phenoxy) is 2. The molecular weight excluding hydrogens is 278 g/mol. The Kier molecular flexibility index (Phi) is 6.57. The van der Waals surface area contributed by atoms with Gasteiger partial charge in [0.15, 0.2) is 6.04 Å². The monoisotopic (exact) mass is 301 g/mol. The van der Waals surface area contributed by atoms with Crippen molar-refractivity contribution in [1.29, 1.82) is 0 Å². The van der Waals surface area contributed by atoms with E-state index in [4.69, 9.17) is 15.2 Å². The van der Waals surface area contributed by atoms with Gasteiger partial charge in [-0.05, 0) is 20.8 Å². The van der Waals surface area contributed by atoms with Gasteiger partial charge in [-0.1, -0.05) is 0 Å². The third-order valence-electron chi connectivity index (χ3n) is 2.95. The maximum atomic E-state index is 12.3. The fourth-order valence-electron chi connectivity index (χ4n) is 1.98. The molecular formula is C13H23N3O5. The van der Waals surface area contributed by atoms with E-state index in [2.05, 4.69) is 5.32 Å². The molecule has 3 N–H and O–H groups in total. The molecule has 1 saturated heterocycles. The average molecular weight is 301 g/mol. The zero-order chi connectivity index (χ0) is 16.0.